The van der Waals surface area contributed by atoms with Gasteiger partial charge in [0.2, 0.25) is 0 Å². The molecule has 0 atom stereocenters. The van der Waals surface area contributed by atoms with Crippen LogP contribution < -0.4 is 5.73 Å². The SMILES string of the molecule is Cc1[nH]c(C(C)(C)N)nc1-c1ccc(F)cn1. The molecule has 5 heteroatoms. The van der Waals surface area contributed by atoms with E-state index in [0.29, 0.717) is 17.2 Å². The highest BCUT2D eigenvalue weighted by atomic mass is 19.1. The Morgan fingerprint density at radius 1 is 1.35 bits per heavy atom. The van der Waals surface area contributed by atoms with Crippen molar-refractivity contribution in [2.24, 2.45) is 5.73 Å². The molecular weight excluding hydrogens is 219 g/mol. The average molecular weight is 234 g/mol. The van der Waals surface area contributed by atoms with E-state index >= 15 is 0 Å². The van der Waals surface area contributed by atoms with Gasteiger partial charge < -0.3 is 10.7 Å². The first-order chi connectivity index (χ1) is 7.88. The van der Waals surface area contributed by atoms with Crippen LogP contribution in [0.4, 0.5) is 4.39 Å². The molecule has 0 saturated carbocycles. The first-order valence-corrected chi connectivity index (χ1v) is 5.36. The van der Waals surface area contributed by atoms with Crippen molar-refractivity contribution in [1.82, 2.24) is 15.0 Å². The van der Waals surface area contributed by atoms with Crippen LogP contribution in [0.2, 0.25) is 0 Å². The lowest BCUT2D eigenvalue weighted by molar-refractivity contribution is 0.520. The minimum Gasteiger partial charge on any atom is -0.344 e. The quantitative estimate of drug-likeness (QED) is 0.836. The monoisotopic (exact) mass is 234 g/mol. The predicted molar refractivity (Wildman–Crippen MR) is 63.7 cm³/mol. The van der Waals surface area contributed by atoms with Gasteiger partial charge in [-0.25, -0.2) is 9.37 Å². The number of halogens is 1. The summed E-state index contributed by atoms with van der Waals surface area (Å²) < 4.78 is 12.8. The van der Waals surface area contributed by atoms with Gasteiger partial charge in [0.15, 0.2) is 0 Å². The van der Waals surface area contributed by atoms with Crippen molar-refractivity contribution in [3.63, 3.8) is 0 Å². The minimum absolute atomic E-state index is 0.360. The van der Waals surface area contributed by atoms with Gasteiger partial charge in [-0.1, -0.05) is 0 Å². The van der Waals surface area contributed by atoms with Gasteiger partial charge in [0, 0.05) is 5.69 Å². The Bertz CT molecular complexity index is 522. The zero-order valence-corrected chi connectivity index (χ0v) is 10.1. The smallest absolute Gasteiger partial charge is 0.141 e. The van der Waals surface area contributed by atoms with Gasteiger partial charge in [-0.15, -0.1) is 0 Å². The molecule has 0 aliphatic heterocycles. The molecule has 0 aromatic carbocycles. The molecule has 0 aliphatic rings. The van der Waals surface area contributed by atoms with Crippen molar-refractivity contribution in [2.75, 3.05) is 0 Å². The van der Waals surface area contributed by atoms with Crippen molar-refractivity contribution < 1.29 is 4.39 Å². The number of hydrogen-bond donors (Lipinski definition) is 2. The number of pyridine rings is 1. The fraction of sp³-hybridized carbons (Fsp3) is 0.333. The molecule has 90 valence electrons. The second-order valence-corrected chi connectivity index (χ2v) is 4.64. The van der Waals surface area contributed by atoms with Crippen LogP contribution in [-0.2, 0) is 5.54 Å². The van der Waals surface area contributed by atoms with Crippen molar-refractivity contribution in [2.45, 2.75) is 26.3 Å². The van der Waals surface area contributed by atoms with Crippen LogP contribution in [0.3, 0.4) is 0 Å². The molecule has 0 spiro atoms. The molecule has 2 heterocycles. The van der Waals surface area contributed by atoms with Crippen LogP contribution in [0.1, 0.15) is 25.4 Å². The maximum absolute atomic E-state index is 12.8. The molecule has 0 bridgehead atoms. The van der Waals surface area contributed by atoms with Crippen LogP contribution >= 0.6 is 0 Å². The number of imidazole rings is 1. The van der Waals surface area contributed by atoms with E-state index in [0.717, 1.165) is 5.69 Å². The summed E-state index contributed by atoms with van der Waals surface area (Å²) in [5, 5.41) is 0. The van der Waals surface area contributed by atoms with Crippen molar-refractivity contribution in [3.05, 3.63) is 35.7 Å². The minimum atomic E-state index is -0.539. The second-order valence-electron chi connectivity index (χ2n) is 4.64. The number of H-pyrrole nitrogens is 1. The van der Waals surface area contributed by atoms with E-state index in [4.69, 9.17) is 5.73 Å². The third-order valence-corrected chi connectivity index (χ3v) is 2.47. The molecule has 4 nitrogen and oxygen atoms in total. The molecule has 0 fully saturated rings. The lowest BCUT2D eigenvalue weighted by Gasteiger charge is -2.14. The largest absolute Gasteiger partial charge is 0.344 e. The Morgan fingerprint density at radius 3 is 2.53 bits per heavy atom. The van der Waals surface area contributed by atoms with Crippen LogP contribution in [-0.4, -0.2) is 15.0 Å². The molecule has 2 rings (SSSR count). The summed E-state index contributed by atoms with van der Waals surface area (Å²) in [5.41, 5.74) is 7.64. The van der Waals surface area contributed by atoms with Gasteiger partial charge in [-0.2, -0.15) is 0 Å². The van der Waals surface area contributed by atoms with Gasteiger partial charge in [0.25, 0.3) is 0 Å². The molecule has 3 N–H and O–H groups in total. The first kappa shape index (κ1) is 11.7. The number of aromatic amines is 1. The third-order valence-electron chi connectivity index (χ3n) is 2.47. The first-order valence-electron chi connectivity index (χ1n) is 5.36. The fourth-order valence-electron chi connectivity index (χ4n) is 1.53. The molecule has 2 aromatic rings. The third kappa shape index (κ3) is 2.34. The van der Waals surface area contributed by atoms with Crippen LogP contribution in [0.15, 0.2) is 18.3 Å². The van der Waals surface area contributed by atoms with Crippen molar-refractivity contribution >= 4 is 0 Å². The Morgan fingerprint density at radius 2 is 2.06 bits per heavy atom. The molecule has 2 aromatic heterocycles. The highest BCUT2D eigenvalue weighted by molar-refractivity contribution is 5.57. The number of nitrogens with zero attached hydrogens (tertiary/aromatic N) is 2. The van der Waals surface area contributed by atoms with E-state index in [1.807, 2.05) is 20.8 Å². The maximum Gasteiger partial charge on any atom is 0.141 e. The summed E-state index contributed by atoms with van der Waals surface area (Å²) >= 11 is 0. The molecular formula is C12H15FN4. The van der Waals surface area contributed by atoms with Gasteiger partial charge in [-0.05, 0) is 32.9 Å². The standard InChI is InChI=1S/C12H15FN4/c1-7-10(9-5-4-8(13)6-15-9)17-11(16-7)12(2,3)14/h4-6H,14H2,1-3H3,(H,16,17). The molecule has 0 saturated heterocycles. The zero-order valence-electron chi connectivity index (χ0n) is 10.1. The van der Waals surface area contributed by atoms with E-state index in [1.54, 1.807) is 6.07 Å². The molecule has 0 aliphatic carbocycles. The van der Waals surface area contributed by atoms with Crippen LogP contribution in [0, 0.1) is 12.7 Å². The highest BCUT2D eigenvalue weighted by Crippen LogP contribution is 2.22. The van der Waals surface area contributed by atoms with E-state index in [1.165, 1.54) is 12.3 Å². The second kappa shape index (κ2) is 3.92. The number of rotatable bonds is 2. The summed E-state index contributed by atoms with van der Waals surface area (Å²) in [6, 6.07) is 2.97. The number of aromatic nitrogens is 3. The number of aryl methyl sites for hydroxylation is 1. The van der Waals surface area contributed by atoms with Gasteiger partial charge in [-0.3, -0.25) is 4.98 Å². The topological polar surface area (TPSA) is 67.6 Å². The van der Waals surface area contributed by atoms with E-state index in [-0.39, 0.29) is 5.82 Å². The summed E-state index contributed by atoms with van der Waals surface area (Å²) in [4.78, 5) is 11.5. The molecule has 0 radical (unpaired) electrons. The average Bonchev–Trinajstić information content (AvgIpc) is 2.61. The highest BCUT2D eigenvalue weighted by Gasteiger charge is 2.20. The maximum atomic E-state index is 12.8. The zero-order chi connectivity index (χ0) is 12.6. The summed E-state index contributed by atoms with van der Waals surface area (Å²) in [7, 11) is 0. The Kier molecular flexibility index (Phi) is 2.71. The predicted octanol–water partition coefficient (Wildman–Crippen LogP) is 2.11. The summed E-state index contributed by atoms with van der Waals surface area (Å²) in [6.07, 6.45) is 1.18. The lowest BCUT2D eigenvalue weighted by Crippen LogP contribution is -2.30. The van der Waals surface area contributed by atoms with Crippen LogP contribution in [0.5, 0.6) is 0 Å². The van der Waals surface area contributed by atoms with E-state index in [9.17, 15) is 4.39 Å². The Labute approximate surface area is 99.1 Å². The van der Waals surface area contributed by atoms with E-state index in [2.05, 4.69) is 15.0 Å². The Balaban J connectivity index is 2.46. The van der Waals surface area contributed by atoms with Crippen molar-refractivity contribution in [1.29, 1.82) is 0 Å². The molecule has 17 heavy (non-hydrogen) atoms. The summed E-state index contributed by atoms with van der Waals surface area (Å²) in [5.74, 6) is 0.331. The van der Waals surface area contributed by atoms with Gasteiger partial charge >= 0.3 is 0 Å². The molecule has 0 amide bonds. The summed E-state index contributed by atoms with van der Waals surface area (Å²) in [6.45, 7) is 5.63. The van der Waals surface area contributed by atoms with E-state index < -0.39 is 5.54 Å². The number of nitrogens with one attached hydrogen (secondary N) is 1. The van der Waals surface area contributed by atoms with Gasteiger partial charge in [0.05, 0.1) is 17.4 Å². The number of nitrogens with two attached hydrogens (primary N) is 1. The van der Waals surface area contributed by atoms with Gasteiger partial charge in [0.1, 0.15) is 17.3 Å². The lowest BCUT2D eigenvalue weighted by atomic mass is 10.1. The van der Waals surface area contributed by atoms with Crippen molar-refractivity contribution in [3.8, 4) is 11.4 Å². The van der Waals surface area contributed by atoms with Crippen LogP contribution in [0.25, 0.3) is 11.4 Å². The normalized spacial score (nSPS) is 11.8. The number of hydrogen-bond acceptors (Lipinski definition) is 3. The fourth-order valence-corrected chi connectivity index (χ4v) is 1.53. The Hall–Kier alpha value is -1.75. The molecule has 0 unspecified atom stereocenters.